The minimum Gasteiger partial charge on any atom is -0.496 e. The van der Waals surface area contributed by atoms with Gasteiger partial charge in [0.1, 0.15) is 23.2 Å². The topological polar surface area (TPSA) is 105 Å². The number of nitro groups is 1. The largest absolute Gasteiger partial charge is 0.496 e. The summed E-state index contributed by atoms with van der Waals surface area (Å²) in [4.78, 5) is 22.3. The van der Waals surface area contributed by atoms with Crippen LogP contribution in [0.3, 0.4) is 0 Å². The van der Waals surface area contributed by atoms with Crippen molar-refractivity contribution in [3.05, 3.63) is 67.9 Å². The summed E-state index contributed by atoms with van der Waals surface area (Å²) in [5, 5.41) is 22.2. The summed E-state index contributed by atoms with van der Waals surface area (Å²) in [6.07, 6.45) is 1.27. The molecule has 7 nitrogen and oxygen atoms in total. The summed E-state index contributed by atoms with van der Waals surface area (Å²) >= 11 is 3.28. The Morgan fingerprint density at radius 2 is 2.12 bits per heavy atom. The second-order valence-corrected chi connectivity index (χ2v) is 5.85. The molecule has 26 heavy (non-hydrogen) atoms. The van der Waals surface area contributed by atoms with Crippen LogP contribution in [0.4, 0.5) is 15.8 Å². The quantitative estimate of drug-likeness (QED) is 0.340. The maximum absolute atomic E-state index is 13.8. The summed E-state index contributed by atoms with van der Waals surface area (Å²) in [5.41, 5.74) is -0.662. The standard InChI is InChI=1S/C17H11BrFN3O4/c1-26-16-5-2-12(18)7-10(16)6-11(9-20)17(23)21-15-8-13(22(24)25)3-4-14(15)19/h2-8H,1H3,(H,21,23)/b11-6+. The number of hydrogen-bond acceptors (Lipinski definition) is 5. The van der Waals surface area contributed by atoms with Gasteiger partial charge in [-0.2, -0.15) is 5.26 Å². The van der Waals surface area contributed by atoms with Crippen molar-refractivity contribution < 1.29 is 18.8 Å². The van der Waals surface area contributed by atoms with Crippen LogP contribution in [-0.4, -0.2) is 17.9 Å². The Morgan fingerprint density at radius 3 is 2.73 bits per heavy atom. The van der Waals surface area contributed by atoms with Gasteiger partial charge >= 0.3 is 0 Å². The molecular formula is C17H11BrFN3O4. The first-order valence-corrected chi connectivity index (χ1v) is 7.85. The minimum absolute atomic E-state index is 0.327. The molecule has 0 aromatic heterocycles. The molecule has 0 saturated heterocycles. The molecule has 0 spiro atoms. The number of rotatable bonds is 5. The van der Waals surface area contributed by atoms with Crippen molar-refractivity contribution in [3.8, 4) is 11.8 Å². The molecule has 0 bridgehead atoms. The number of methoxy groups -OCH3 is 1. The van der Waals surface area contributed by atoms with E-state index in [9.17, 15) is 24.6 Å². The van der Waals surface area contributed by atoms with E-state index in [2.05, 4.69) is 21.2 Å². The molecule has 0 saturated carbocycles. The fraction of sp³-hybridized carbons (Fsp3) is 0.0588. The van der Waals surface area contributed by atoms with Crippen LogP contribution in [0.25, 0.3) is 6.08 Å². The zero-order valence-corrected chi connectivity index (χ0v) is 14.9. The summed E-state index contributed by atoms with van der Waals surface area (Å²) in [6.45, 7) is 0. The third-order valence-corrected chi connectivity index (χ3v) is 3.76. The van der Waals surface area contributed by atoms with Crippen LogP contribution in [0.1, 0.15) is 5.56 Å². The Hall–Kier alpha value is -3.25. The molecule has 9 heteroatoms. The van der Waals surface area contributed by atoms with Gasteiger partial charge in [-0.3, -0.25) is 14.9 Å². The van der Waals surface area contributed by atoms with Crippen LogP contribution in [0.5, 0.6) is 5.75 Å². The van der Waals surface area contributed by atoms with Gasteiger partial charge in [-0.15, -0.1) is 0 Å². The van der Waals surface area contributed by atoms with Gasteiger partial charge < -0.3 is 10.1 Å². The Labute approximate surface area is 156 Å². The first-order valence-electron chi connectivity index (χ1n) is 7.06. The molecule has 0 aliphatic carbocycles. The van der Waals surface area contributed by atoms with E-state index in [1.807, 2.05) is 0 Å². The highest BCUT2D eigenvalue weighted by Gasteiger charge is 2.16. The predicted molar refractivity (Wildman–Crippen MR) is 96.0 cm³/mol. The minimum atomic E-state index is -0.908. The molecule has 132 valence electrons. The Bertz CT molecular complexity index is 954. The molecule has 1 amide bonds. The van der Waals surface area contributed by atoms with Crippen LogP contribution in [0.2, 0.25) is 0 Å². The van der Waals surface area contributed by atoms with Crippen LogP contribution < -0.4 is 10.1 Å². The first-order chi connectivity index (χ1) is 12.3. The number of benzene rings is 2. The summed E-state index contributed by atoms with van der Waals surface area (Å²) in [6, 6.07) is 9.43. The van der Waals surface area contributed by atoms with Crippen molar-refractivity contribution in [2.75, 3.05) is 12.4 Å². The molecule has 1 N–H and O–H groups in total. The smallest absolute Gasteiger partial charge is 0.271 e. The number of nitro benzene ring substituents is 1. The second kappa shape index (κ2) is 8.22. The fourth-order valence-corrected chi connectivity index (χ4v) is 2.41. The van der Waals surface area contributed by atoms with Crippen LogP contribution >= 0.6 is 15.9 Å². The number of nitriles is 1. The van der Waals surface area contributed by atoms with E-state index in [0.29, 0.717) is 15.8 Å². The summed E-state index contributed by atoms with van der Waals surface area (Å²) in [5.74, 6) is -1.34. The number of halogens is 2. The molecule has 0 aliphatic rings. The molecule has 2 rings (SSSR count). The molecule has 2 aromatic rings. The monoisotopic (exact) mass is 419 g/mol. The first kappa shape index (κ1) is 19.1. The second-order valence-electron chi connectivity index (χ2n) is 4.93. The van der Waals surface area contributed by atoms with Gasteiger partial charge in [0.05, 0.1) is 17.7 Å². The highest BCUT2D eigenvalue weighted by atomic mass is 79.9. The van der Waals surface area contributed by atoms with Crippen LogP contribution in [0, 0.1) is 27.3 Å². The molecule has 0 radical (unpaired) electrons. The summed E-state index contributed by atoms with van der Waals surface area (Å²) < 4.78 is 19.7. The third-order valence-electron chi connectivity index (χ3n) is 3.27. The maximum Gasteiger partial charge on any atom is 0.271 e. The van der Waals surface area contributed by atoms with Gasteiger partial charge in [0.25, 0.3) is 11.6 Å². The molecular weight excluding hydrogens is 409 g/mol. The zero-order valence-electron chi connectivity index (χ0n) is 13.3. The number of carbonyl (C=O) groups excluding carboxylic acids is 1. The molecule has 0 atom stereocenters. The fourth-order valence-electron chi connectivity index (χ4n) is 2.03. The summed E-state index contributed by atoms with van der Waals surface area (Å²) in [7, 11) is 1.44. The van der Waals surface area contributed by atoms with Gasteiger partial charge in [0.15, 0.2) is 0 Å². The average Bonchev–Trinajstić information content (AvgIpc) is 2.61. The van der Waals surface area contributed by atoms with E-state index >= 15 is 0 Å². The van der Waals surface area contributed by atoms with Gasteiger partial charge in [-0.05, 0) is 30.3 Å². The number of nitrogens with zero attached hydrogens (tertiary/aromatic N) is 2. The van der Waals surface area contributed by atoms with Crippen molar-refractivity contribution in [1.82, 2.24) is 0 Å². The number of non-ortho nitro benzene ring substituents is 1. The lowest BCUT2D eigenvalue weighted by Gasteiger charge is -2.08. The number of anilines is 1. The molecule has 2 aromatic carbocycles. The van der Waals surface area contributed by atoms with Crippen LogP contribution in [0.15, 0.2) is 46.4 Å². The van der Waals surface area contributed by atoms with E-state index < -0.39 is 28.0 Å². The van der Waals surface area contributed by atoms with E-state index in [1.54, 1.807) is 24.3 Å². The van der Waals surface area contributed by atoms with Crippen molar-refractivity contribution in [2.45, 2.75) is 0 Å². The Kier molecular flexibility index (Phi) is 6.03. The average molecular weight is 420 g/mol. The number of nitrogens with one attached hydrogen (secondary N) is 1. The van der Waals surface area contributed by atoms with E-state index in [1.165, 1.54) is 13.2 Å². The van der Waals surface area contributed by atoms with Gasteiger partial charge in [-0.1, -0.05) is 15.9 Å². The lowest BCUT2D eigenvalue weighted by Crippen LogP contribution is -2.14. The number of carbonyl (C=O) groups is 1. The van der Waals surface area contributed by atoms with Crippen molar-refractivity contribution in [3.63, 3.8) is 0 Å². The number of amides is 1. The number of hydrogen-bond donors (Lipinski definition) is 1. The molecule has 0 aliphatic heterocycles. The molecule has 0 unspecified atom stereocenters. The van der Waals surface area contributed by atoms with Crippen molar-refractivity contribution in [1.29, 1.82) is 5.26 Å². The SMILES string of the molecule is COc1ccc(Br)cc1/C=C(\C#N)C(=O)Nc1cc([N+](=O)[O-])ccc1F. The highest BCUT2D eigenvalue weighted by molar-refractivity contribution is 9.10. The van der Waals surface area contributed by atoms with Crippen LogP contribution in [-0.2, 0) is 4.79 Å². The number of ether oxygens (including phenoxy) is 1. The van der Waals surface area contributed by atoms with E-state index in [-0.39, 0.29) is 5.57 Å². The Morgan fingerprint density at radius 1 is 1.38 bits per heavy atom. The lowest BCUT2D eigenvalue weighted by molar-refractivity contribution is -0.384. The van der Waals surface area contributed by atoms with Gasteiger partial charge in [0, 0.05) is 22.2 Å². The predicted octanol–water partition coefficient (Wildman–Crippen LogP) is 4.05. The zero-order chi connectivity index (χ0) is 19.3. The van der Waals surface area contributed by atoms with E-state index in [4.69, 9.17) is 4.74 Å². The molecule has 0 fully saturated rings. The lowest BCUT2D eigenvalue weighted by atomic mass is 10.1. The van der Waals surface area contributed by atoms with E-state index in [0.717, 1.165) is 18.2 Å². The third kappa shape index (κ3) is 4.43. The van der Waals surface area contributed by atoms with Crippen molar-refractivity contribution in [2.24, 2.45) is 0 Å². The highest BCUT2D eigenvalue weighted by Crippen LogP contribution is 2.26. The van der Waals surface area contributed by atoms with Gasteiger partial charge in [-0.25, -0.2) is 4.39 Å². The normalized spacial score (nSPS) is 10.8. The molecule has 0 heterocycles. The maximum atomic E-state index is 13.8. The Balaban J connectivity index is 2.36. The van der Waals surface area contributed by atoms with Crippen molar-refractivity contribution >= 4 is 39.3 Å². The van der Waals surface area contributed by atoms with Gasteiger partial charge in [0.2, 0.25) is 0 Å².